The summed E-state index contributed by atoms with van der Waals surface area (Å²) in [5.74, 6) is -2.09. The molecule has 4 N–H and O–H groups in total. The van der Waals surface area contributed by atoms with Crippen molar-refractivity contribution in [3.05, 3.63) is 60.2 Å². The molecule has 8 nitrogen and oxygen atoms in total. The zero-order valence-electron chi connectivity index (χ0n) is 15.2. The lowest BCUT2D eigenvalue weighted by Gasteiger charge is -2.16. The maximum absolute atomic E-state index is 12.4. The highest BCUT2D eigenvalue weighted by atomic mass is 32.2. The van der Waals surface area contributed by atoms with Crippen molar-refractivity contribution in [2.45, 2.75) is 24.3 Å². The van der Waals surface area contributed by atoms with Crippen molar-refractivity contribution >= 4 is 33.2 Å². The molecule has 3 amide bonds. The van der Waals surface area contributed by atoms with E-state index in [1.807, 2.05) is 0 Å². The van der Waals surface area contributed by atoms with Crippen molar-refractivity contribution in [2.24, 2.45) is 5.73 Å². The average molecular weight is 403 g/mol. The summed E-state index contributed by atoms with van der Waals surface area (Å²) in [6.45, 7) is 1.34. The number of primary amides is 1. The van der Waals surface area contributed by atoms with Crippen LogP contribution in [0.2, 0.25) is 0 Å². The van der Waals surface area contributed by atoms with Gasteiger partial charge in [-0.3, -0.25) is 14.4 Å². The molecule has 0 aliphatic rings. The minimum Gasteiger partial charge on any atom is -0.368 e. The van der Waals surface area contributed by atoms with Crippen LogP contribution in [0.4, 0.5) is 5.69 Å². The molecule has 28 heavy (non-hydrogen) atoms. The van der Waals surface area contributed by atoms with E-state index in [1.165, 1.54) is 31.2 Å². The van der Waals surface area contributed by atoms with Gasteiger partial charge >= 0.3 is 0 Å². The monoisotopic (exact) mass is 403 g/mol. The van der Waals surface area contributed by atoms with E-state index in [0.717, 1.165) is 0 Å². The molecule has 0 unspecified atom stereocenters. The van der Waals surface area contributed by atoms with Crippen LogP contribution in [0.3, 0.4) is 0 Å². The topological polar surface area (TPSA) is 135 Å². The second-order valence-corrected chi connectivity index (χ2v) is 8.22. The molecule has 0 radical (unpaired) electrons. The largest absolute Gasteiger partial charge is 0.368 e. The van der Waals surface area contributed by atoms with E-state index >= 15 is 0 Å². The molecule has 2 aromatic rings. The van der Waals surface area contributed by atoms with Crippen molar-refractivity contribution in [1.29, 1.82) is 0 Å². The van der Waals surface area contributed by atoms with Crippen molar-refractivity contribution in [3.63, 3.8) is 0 Å². The van der Waals surface area contributed by atoms with Crippen LogP contribution in [0.15, 0.2) is 59.5 Å². The number of hydrogen-bond acceptors (Lipinski definition) is 5. The Labute approximate surface area is 163 Å². The summed E-state index contributed by atoms with van der Waals surface area (Å²) in [5.41, 5.74) is 5.94. The predicted octanol–water partition coefficient (Wildman–Crippen LogP) is 1.09. The van der Waals surface area contributed by atoms with Gasteiger partial charge in [0.25, 0.3) is 5.91 Å². The number of sulfone groups is 1. The number of rotatable bonds is 8. The van der Waals surface area contributed by atoms with Gasteiger partial charge in [-0.1, -0.05) is 24.3 Å². The second-order valence-electron chi connectivity index (χ2n) is 6.11. The lowest BCUT2D eigenvalue weighted by molar-refractivity contribution is -0.120. The Bertz CT molecular complexity index is 974. The summed E-state index contributed by atoms with van der Waals surface area (Å²) < 4.78 is 24.7. The number of benzene rings is 2. The zero-order valence-corrected chi connectivity index (χ0v) is 16.0. The Hall–Kier alpha value is -3.20. The quantitative estimate of drug-likeness (QED) is 0.606. The average Bonchev–Trinajstić information content (AvgIpc) is 2.65. The number of carbonyl (C=O) groups excluding carboxylic acids is 3. The Morgan fingerprint density at radius 1 is 1.04 bits per heavy atom. The Morgan fingerprint density at radius 3 is 2.32 bits per heavy atom. The van der Waals surface area contributed by atoms with Gasteiger partial charge in [-0.25, -0.2) is 8.42 Å². The molecule has 0 heterocycles. The third kappa shape index (κ3) is 5.92. The lowest BCUT2D eigenvalue weighted by atomic mass is 10.1. The van der Waals surface area contributed by atoms with Crippen molar-refractivity contribution < 1.29 is 22.8 Å². The van der Waals surface area contributed by atoms with Gasteiger partial charge in [0, 0.05) is 18.2 Å². The van der Waals surface area contributed by atoms with Crippen LogP contribution in [-0.4, -0.2) is 37.9 Å². The number of amides is 3. The van der Waals surface area contributed by atoms with E-state index < -0.39 is 27.7 Å². The molecule has 1 atom stereocenters. The van der Waals surface area contributed by atoms with Crippen LogP contribution in [0.1, 0.15) is 23.7 Å². The molecular formula is C19H21N3O5S. The minimum atomic E-state index is -3.62. The molecule has 9 heteroatoms. The van der Waals surface area contributed by atoms with E-state index in [4.69, 9.17) is 5.73 Å². The van der Waals surface area contributed by atoms with Gasteiger partial charge < -0.3 is 16.4 Å². The van der Waals surface area contributed by atoms with E-state index in [1.54, 1.807) is 30.3 Å². The first kappa shape index (κ1) is 21.1. The third-order valence-electron chi connectivity index (χ3n) is 3.87. The molecule has 148 valence electrons. The molecule has 2 rings (SSSR count). The maximum Gasteiger partial charge on any atom is 0.252 e. The number of hydrogen-bond donors (Lipinski definition) is 3. The highest BCUT2D eigenvalue weighted by Gasteiger charge is 2.23. The van der Waals surface area contributed by atoms with Crippen LogP contribution in [0.25, 0.3) is 0 Å². The summed E-state index contributed by atoms with van der Waals surface area (Å²) in [6, 6.07) is 12.8. The van der Waals surface area contributed by atoms with E-state index in [0.29, 0.717) is 5.69 Å². The first-order valence-electron chi connectivity index (χ1n) is 8.44. The number of anilines is 1. The minimum absolute atomic E-state index is 0.132. The molecule has 0 aromatic heterocycles. The molecule has 0 bridgehead atoms. The Morgan fingerprint density at radius 2 is 1.71 bits per heavy atom. The van der Waals surface area contributed by atoms with Crippen molar-refractivity contribution in [3.8, 4) is 0 Å². The summed E-state index contributed by atoms with van der Waals surface area (Å²) in [4.78, 5) is 35.4. The van der Waals surface area contributed by atoms with E-state index in [-0.39, 0.29) is 28.5 Å². The molecule has 0 aliphatic heterocycles. The molecule has 0 saturated heterocycles. The van der Waals surface area contributed by atoms with E-state index in [2.05, 4.69) is 10.6 Å². The molecule has 0 spiro atoms. The third-order valence-corrected chi connectivity index (χ3v) is 5.64. The number of nitrogens with two attached hydrogens (primary N) is 1. The summed E-state index contributed by atoms with van der Waals surface area (Å²) >= 11 is 0. The highest BCUT2D eigenvalue weighted by Crippen LogP contribution is 2.13. The predicted molar refractivity (Wildman–Crippen MR) is 104 cm³/mol. The van der Waals surface area contributed by atoms with Gasteiger partial charge in [0.05, 0.1) is 10.6 Å². The number of carbonyl (C=O) groups is 3. The Balaban J connectivity index is 2.08. The maximum atomic E-state index is 12.4. The normalized spacial score (nSPS) is 12.0. The molecular weight excluding hydrogens is 382 g/mol. The van der Waals surface area contributed by atoms with Crippen LogP contribution in [-0.2, 0) is 19.4 Å². The van der Waals surface area contributed by atoms with Gasteiger partial charge in [0.2, 0.25) is 11.8 Å². The fraction of sp³-hybridized carbons (Fsp3) is 0.211. The van der Waals surface area contributed by atoms with Gasteiger partial charge in [0.1, 0.15) is 6.04 Å². The van der Waals surface area contributed by atoms with Gasteiger partial charge in [-0.05, 0) is 36.8 Å². The fourth-order valence-electron chi connectivity index (χ4n) is 2.49. The summed E-state index contributed by atoms with van der Waals surface area (Å²) in [6.07, 6.45) is -0.163. The lowest BCUT2D eigenvalue weighted by Crippen LogP contribution is -2.45. The highest BCUT2D eigenvalue weighted by molar-refractivity contribution is 7.91. The Kier molecular flexibility index (Phi) is 6.89. The first-order valence-corrected chi connectivity index (χ1v) is 10.1. The number of nitrogens with one attached hydrogen (secondary N) is 2. The van der Waals surface area contributed by atoms with Crippen molar-refractivity contribution in [1.82, 2.24) is 5.32 Å². The zero-order chi connectivity index (χ0) is 20.7. The molecule has 0 fully saturated rings. The van der Waals surface area contributed by atoms with Crippen LogP contribution in [0, 0.1) is 0 Å². The SMILES string of the molecule is CC(=O)Nc1cccc(C(=O)N[C@@H](CCS(=O)(=O)c2ccccc2)C(N)=O)c1. The molecule has 2 aromatic carbocycles. The van der Waals surface area contributed by atoms with Gasteiger partial charge in [-0.2, -0.15) is 0 Å². The smallest absolute Gasteiger partial charge is 0.252 e. The standard InChI is InChI=1S/C19H21N3O5S/c1-13(23)21-15-7-5-6-14(12-15)19(25)22-17(18(20)24)10-11-28(26,27)16-8-3-2-4-9-16/h2-9,12,17H,10-11H2,1H3,(H2,20,24)(H,21,23)(H,22,25)/t17-/m0/s1. The van der Waals surface area contributed by atoms with Crippen LogP contribution in [0.5, 0.6) is 0 Å². The molecule has 0 aliphatic carbocycles. The fourth-order valence-corrected chi connectivity index (χ4v) is 3.84. The summed E-state index contributed by atoms with van der Waals surface area (Å²) in [7, 11) is -3.62. The van der Waals surface area contributed by atoms with Crippen LogP contribution >= 0.6 is 0 Å². The summed E-state index contributed by atoms with van der Waals surface area (Å²) in [5, 5.41) is 5.00. The van der Waals surface area contributed by atoms with Gasteiger partial charge in [-0.15, -0.1) is 0 Å². The second kappa shape index (κ2) is 9.14. The van der Waals surface area contributed by atoms with Gasteiger partial charge in [0.15, 0.2) is 9.84 Å². The van der Waals surface area contributed by atoms with Crippen molar-refractivity contribution in [2.75, 3.05) is 11.1 Å². The first-order chi connectivity index (χ1) is 13.2. The van der Waals surface area contributed by atoms with E-state index in [9.17, 15) is 22.8 Å². The molecule has 0 saturated carbocycles. The van der Waals surface area contributed by atoms with Crippen LogP contribution < -0.4 is 16.4 Å².